The highest BCUT2D eigenvalue weighted by Gasteiger charge is 2.30. The smallest absolute Gasteiger partial charge is 0.416 e. The van der Waals surface area contributed by atoms with Crippen LogP contribution in [0.4, 0.5) is 13.2 Å². The monoisotopic (exact) mass is 309 g/mol. The van der Waals surface area contributed by atoms with Gasteiger partial charge in [-0.2, -0.15) is 13.2 Å². The Morgan fingerprint density at radius 2 is 1.64 bits per heavy atom. The largest absolute Gasteiger partial charge is 0.480 e. The molecule has 0 unspecified atom stereocenters. The summed E-state index contributed by atoms with van der Waals surface area (Å²) in [5.41, 5.74) is 0.362. The fourth-order valence-corrected chi connectivity index (χ4v) is 2.03. The van der Waals surface area contributed by atoms with Crippen molar-refractivity contribution < 1.29 is 23.1 Å². The van der Waals surface area contributed by atoms with Gasteiger partial charge in [-0.3, -0.25) is 10.1 Å². The first-order valence-corrected chi connectivity index (χ1v) is 6.55. The number of rotatable bonds is 5. The van der Waals surface area contributed by atoms with Gasteiger partial charge >= 0.3 is 12.1 Å². The zero-order valence-corrected chi connectivity index (χ0v) is 11.5. The van der Waals surface area contributed by atoms with Gasteiger partial charge in [-0.05, 0) is 23.3 Å². The normalized spacial score (nSPS) is 12.9. The van der Waals surface area contributed by atoms with Crippen molar-refractivity contribution in [2.75, 3.05) is 0 Å². The molecule has 0 aliphatic heterocycles. The van der Waals surface area contributed by atoms with Crippen molar-refractivity contribution in [2.45, 2.75) is 18.8 Å². The molecule has 6 heteroatoms. The lowest BCUT2D eigenvalue weighted by atomic mass is 10.0. The summed E-state index contributed by atoms with van der Waals surface area (Å²) in [6.07, 6.45) is -4.44. The molecule has 0 heterocycles. The van der Waals surface area contributed by atoms with Gasteiger partial charge in [-0.15, -0.1) is 0 Å². The van der Waals surface area contributed by atoms with Crippen LogP contribution in [0.3, 0.4) is 0 Å². The zero-order chi connectivity index (χ0) is 16.2. The number of alkyl halides is 3. The van der Waals surface area contributed by atoms with E-state index in [9.17, 15) is 23.1 Å². The maximum Gasteiger partial charge on any atom is 0.416 e. The van der Waals surface area contributed by atoms with Crippen molar-refractivity contribution in [3.05, 3.63) is 71.3 Å². The van der Waals surface area contributed by atoms with Crippen molar-refractivity contribution in [2.24, 2.45) is 0 Å². The molecule has 0 saturated carbocycles. The number of carboxylic acids is 1. The molecule has 2 N–H and O–H groups in total. The first-order valence-electron chi connectivity index (χ1n) is 6.55. The van der Waals surface area contributed by atoms with E-state index in [-0.39, 0.29) is 5.56 Å². The average Bonchev–Trinajstić information content (AvgIpc) is 2.48. The number of halogens is 3. The first-order chi connectivity index (χ1) is 10.4. The number of carbonyl (C=O) groups is 1. The minimum atomic E-state index is -4.44. The topological polar surface area (TPSA) is 49.3 Å². The fraction of sp³-hybridized carbons (Fsp3) is 0.188. The van der Waals surface area contributed by atoms with Gasteiger partial charge in [0.15, 0.2) is 0 Å². The van der Waals surface area contributed by atoms with Crippen LogP contribution in [0.5, 0.6) is 0 Å². The molecule has 2 rings (SSSR count). The van der Waals surface area contributed by atoms with Gasteiger partial charge in [0.2, 0.25) is 0 Å². The Bertz CT molecular complexity index is 624. The summed E-state index contributed by atoms with van der Waals surface area (Å²) in [4.78, 5) is 11.3. The summed E-state index contributed by atoms with van der Waals surface area (Å²) < 4.78 is 37.6. The molecule has 0 aromatic heterocycles. The molecule has 3 nitrogen and oxygen atoms in total. The van der Waals surface area contributed by atoms with Gasteiger partial charge in [0.25, 0.3) is 0 Å². The lowest BCUT2D eigenvalue weighted by Crippen LogP contribution is -2.28. The maximum absolute atomic E-state index is 12.5. The van der Waals surface area contributed by atoms with Crippen LogP contribution in [0, 0.1) is 0 Å². The summed E-state index contributed by atoms with van der Waals surface area (Å²) >= 11 is 0. The molecular formula is C16H14F3NO2. The minimum Gasteiger partial charge on any atom is -0.480 e. The minimum absolute atomic E-state index is 0.274. The van der Waals surface area contributed by atoms with Crippen LogP contribution in [-0.4, -0.2) is 11.1 Å². The molecule has 0 spiro atoms. The highest BCUT2D eigenvalue weighted by atomic mass is 19.4. The molecular weight excluding hydrogens is 295 g/mol. The molecule has 0 aliphatic rings. The van der Waals surface area contributed by atoms with Gasteiger partial charge in [-0.1, -0.05) is 42.5 Å². The van der Waals surface area contributed by atoms with Crippen molar-refractivity contribution >= 4 is 5.97 Å². The number of nitrogens with one attached hydrogen (secondary N) is 1. The van der Waals surface area contributed by atoms with Crippen LogP contribution in [-0.2, 0) is 17.5 Å². The van der Waals surface area contributed by atoms with Crippen LogP contribution in [0.15, 0.2) is 54.6 Å². The summed E-state index contributed by atoms with van der Waals surface area (Å²) in [6.45, 7) is 0.304. The Hall–Kier alpha value is -2.34. The van der Waals surface area contributed by atoms with Gasteiger partial charge in [0, 0.05) is 6.54 Å². The molecule has 0 amide bonds. The number of hydrogen-bond donors (Lipinski definition) is 2. The van der Waals surface area contributed by atoms with Crippen LogP contribution < -0.4 is 5.32 Å². The van der Waals surface area contributed by atoms with E-state index in [1.54, 1.807) is 0 Å². The predicted molar refractivity (Wildman–Crippen MR) is 75.1 cm³/mol. The summed E-state index contributed by atoms with van der Waals surface area (Å²) in [6, 6.07) is 12.2. The van der Waals surface area contributed by atoms with Crippen molar-refractivity contribution in [3.63, 3.8) is 0 Å². The molecule has 0 radical (unpaired) electrons. The molecule has 2 aromatic rings. The molecule has 2 aromatic carbocycles. The Morgan fingerprint density at radius 1 is 1.05 bits per heavy atom. The summed E-state index contributed by atoms with van der Waals surface area (Å²) in [5, 5.41) is 12.1. The van der Waals surface area contributed by atoms with E-state index >= 15 is 0 Å². The van der Waals surface area contributed by atoms with Crippen LogP contribution in [0.2, 0.25) is 0 Å². The predicted octanol–water partition coefficient (Wildman–Crippen LogP) is 3.62. The average molecular weight is 309 g/mol. The van der Waals surface area contributed by atoms with Crippen LogP contribution in [0.25, 0.3) is 0 Å². The molecule has 0 fully saturated rings. The molecule has 22 heavy (non-hydrogen) atoms. The molecule has 116 valence electrons. The van der Waals surface area contributed by atoms with Crippen LogP contribution >= 0.6 is 0 Å². The van der Waals surface area contributed by atoms with Crippen molar-refractivity contribution in [3.8, 4) is 0 Å². The second kappa shape index (κ2) is 6.62. The third kappa shape index (κ3) is 4.08. The van der Waals surface area contributed by atoms with E-state index < -0.39 is 23.8 Å². The molecule has 0 aliphatic carbocycles. The number of hydrogen-bond acceptors (Lipinski definition) is 2. The Labute approximate surface area is 125 Å². The third-order valence-electron chi connectivity index (χ3n) is 3.17. The number of aliphatic carboxylic acids is 1. The van der Waals surface area contributed by atoms with Gasteiger partial charge in [0.05, 0.1) is 5.56 Å². The summed E-state index contributed by atoms with van der Waals surface area (Å²) in [5.74, 6) is -1.14. The van der Waals surface area contributed by atoms with E-state index in [0.29, 0.717) is 6.54 Å². The van der Waals surface area contributed by atoms with E-state index in [0.717, 1.165) is 17.7 Å². The van der Waals surface area contributed by atoms with Gasteiger partial charge < -0.3 is 5.11 Å². The third-order valence-corrected chi connectivity index (χ3v) is 3.17. The summed E-state index contributed by atoms with van der Waals surface area (Å²) in [7, 11) is 0. The number of carboxylic acid groups (broad SMARTS) is 1. The van der Waals surface area contributed by atoms with Crippen molar-refractivity contribution in [1.29, 1.82) is 0 Å². The quantitative estimate of drug-likeness (QED) is 0.887. The molecule has 0 saturated heterocycles. The van der Waals surface area contributed by atoms with E-state index in [1.807, 2.05) is 30.3 Å². The molecule has 1 atom stereocenters. The number of benzene rings is 2. The Morgan fingerprint density at radius 3 is 2.14 bits per heavy atom. The van der Waals surface area contributed by atoms with E-state index in [2.05, 4.69) is 5.32 Å². The van der Waals surface area contributed by atoms with Crippen LogP contribution in [0.1, 0.15) is 22.7 Å². The first kappa shape index (κ1) is 16.0. The standard InChI is InChI=1S/C16H14F3NO2/c17-16(18,19)13-8-6-12(7-9-13)14(15(21)22)20-10-11-4-2-1-3-5-11/h1-9,14,20H,10H2,(H,21,22)/t14-/m1/s1. The van der Waals surface area contributed by atoms with Crippen molar-refractivity contribution in [1.82, 2.24) is 5.32 Å². The second-order valence-electron chi connectivity index (χ2n) is 4.76. The van der Waals surface area contributed by atoms with Gasteiger partial charge in [0.1, 0.15) is 6.04 Å². The highest BCUT2D eigenvalue weighted by Crippen LogP contribution is 2.30. The van der Waals surface area contributed by atoms with Gasteiger partial charge in [-0.25, -0.2) is 0 Å². The fourth-order valence-electron chi connectivity index (χ4n) is 2.03. The molecule has 0 bridgehead atoms. The highest BCUT2D eigenvalue weighted by molar-refractivity contribution is 5.75. The lowest BCUT2D eigenvalue weighted by Gasteiger charge is -2.16. The zero-order valence-electron chi connectivity index (χ0n) is 11.5. The maximum atomic E-state index is 12.5. The Balaban J connectivity index is 2.13. The lowest BCUT2D eigenvalue weighted by molar-refractivity contribution is -0.139. The second-order valence-corrected chi connectivity index (χ2v) is 4.76. The van der Waals surface area contributed by atoms with E-state index in [4.69, 9.17) is 0 Å². The van der Waals surface area contributed by atoms with E-state index in [1.165, 1.54) is 12.1 Å². The SMILES string of the molecule is O=C(O)[C@H](NCc1ccccc1)c1ccc(C(F)(F)F)cc1. The Kier molecular flexibility index (Phi) is 4.82.